The van der Waals surface area contributed by atoms with Gasteiger partial charge >= 0.3 is 14.7 Å². The molecule has 0 aromatic rings. The van der Waals surface area contributed by atoms with E-state index in [2.05, 4.69) is 0 Å². The molecule has 0 aromatic carbocycles. The third-order valence-electron chi connectivity index (χ3n) is 7.96. The topological polar surface area (TPSA) is 18.5 Å². The van der Waals surface area contributed by atoms with E-state index in [4.69, 9.17) is 8.85 Å². The molecule has 4 saturated carbocycles. The molecule has 4 aliphatic carbocycles. The Balaban J connectivity index is 0.000000242. The van der Waals surface area contributed by atoms with Crippen LogP contribution in [0.25, 0.3) is 0 Å². The Morgan fingerprint density at radius 2 is 1.35 bits per heavy atom. The van der Waals surface area contributed by atoms with E-state index >= 15 is 0 Å². The van der Waals surface area contributed by atoms with Gasteiger partial charge in [-0.05, 0) is 75.3 Å². The Morgan fingerprint density at radius 1 is 0.885 bits per heavy atom. The highest BCUT2D eigenvalue weighted by Crippen LogP contribution is 2.78. The fraction of sp³-hybridized carbons (Fsp3) is 1.00. The van der Waals surface area contributed by atoms with Gasteiger partial charge in [0.15, 0.2) is 0 Å². The first-order valence-corrected chi connectivity index (χ1v) is 12.2. The lowest BCUT2D eigenvalue weighted by Crippen LogP contribution is -2.58. The molecule has 7 atom stereocenters. The minimum atomic E-state index is -4.80. The number of rotatable bonds is 2. The maximum atomic E-state index is 14.4. The molecule has 0 saturated heterocycles. The van der Waals surface area contributed by atoms with Crippen molar-refractivity contribution in [2.45, 2.75) is 57.8 Å². The normalized spacial score (nSPS) is 45.5. The maximum Gasteiger partial charge on any atom is 0.400 e. The molecule has 4 aliphatic rings. The number of hydrogen-bond donors (Lipinski definition) is 0. The lowest BCUT2D eigenvalue weighted by atomic mass is 9.59. The van der Waals surface area contributed by atoms with Gasteiger partial charge in [0.25, 0.3) is 5.92 Å². The summed E-state index contributed by atoms with van der Waals surface area (Å²) in [5, 5.41) is 0. The second-order valence-corrected chi connectivity index (χ2v) is 12.7. The van der Waals surface area contributed by atoms with Crippen LogP contribution in [0.5, 0.6) is 0 Å². The molecule has 0 heterocycles. The zero-order valence-corrected chi connectivity index (χ0v) is 17.0. The first kappa shape index (κ1) is 20.5. The van der Waals surface area contributed by atoms with Crippen LogP contribution in [0.15, 0.2) is 0 Å². The Morgan fingerprint density at radius 3 is 1.73 bits per heavy atom. The van der Waals surface area contributed by atoms with Crippen LogP contribution < -0.4 is 0 Å². The number of fused-ring (bicyclic) bond motifs is 9. The fourth-order valence-corrected chi connectivity index (χ4v) is 6.45. The van der Waals surface area contributed by atoms with Crippen molar-refractivity contribution in [3.05, 3.63) is 0 Å². The van der Waals surface area contributed by atoms with Crippen LogP contribution in [0.2, 0.25) is 13.1 Å². The zero-order chi connectivity index (χ0) is 19.7. The summed E-state index contributed by atoms with van der Waals surface area (Å²) in [6.45, 7) is 4.76. The van der Waals surface area contributed by atoms with Crippen molar-refractivity contribution in [2.24, 2.45) is 40.9 Å². The van der Waals surface area contributed by atoms with E-state index < -0.39 is 37.9 Å². The van der Waals surface area contributed by atoms with Crippen LogP contribution in [-0.2, 0) is 8.85 Å². The first-order valence-electron chi connectivity index (χ1n) is 9.36. The van der Waals surface area contributed by atoms with Crippen LogP contribution in [0.1, 0.15) is 32.6 Å². The summed E-state index contributed by atoms with van der Waals surface area (Å²) >= 11 is 0. The molecule has 26 heavy (non-hydrogen) atoms. The molecule has 0 spiro atoms. The minimum Gasteiger partial charge on any atom is -0.398 e. The van der Waals surface area contributed by atoms with Crippen LogP contribution in [0.3, 0.4) is 0 Å². The van der Waals surface area contributed by atoms with E-state index in [9.17, 15) is 22.0 Å². The summed E-state index contributed by atoms with van der Waals surface area (Å²) in [4.78, 5) is 0. The second-order valence-electron chi connectivity index (χ2n) is 9.07. The van der Waals surface area contributed by atoms with E-state index in [1.54, 1.807) is 14.2 Å². The van der Waals surface area contributed by atoms with Gasteiger partial charge in [-0.2, -0.15) is 13.2 Å². The SMILES string of the molecule is CC1(C(F)(F)F)C2CC(C3C4CCC(C4)C32)C1(F)F.CO[Si](C)(C)OC. The Hall–Kier alpha value is -0.213. The quantitative estimate of drug-likeness (QED) is 0.347. The van der Waals surface area contributed by atoms with Crippen molar-refractivity contribution in [3.8, 4) is 0 Å². The minimum absolute atomic E-state index is 0.0880. The van der Waals surface area contributed by atoms with Gasteiger partial charge in [0.1, 0.15) is 5.41 Å². The highest BCUT2D eigenvalue weighted by molar-refractivity contribution is 6.64. The molecule has 2 nitrogen and oxygen atoms in total. The average Bonchev–Trinajstić information content (AvgIpc) is 3.27. The summed E-state index contributed by atoms with van der Waals surface area (Å²) in [6.07, 6.45) is -1.91. The molecule has 7 unspecified atom stereocenters. The predicted molar refractivity (Wildman–Crippen MR) is 90.0 cm³/mol. The molecule has 0 N–H and O–H groups in total. The number of hydrogen-bond acceptors (Lipinski definition) is 2. The van der Waals surface area contributed by atoms with Gasteiger partial charge in [-0.15, -0.1) is 0 Å². The molecule has 0 aliphatic heterocycles. The van der Waals surface area contributed by atoms with Gasteiger partial charge in [-0.1, -0.05) is 0 Å². The van der Waals surface area contributed by atoms with E-state index in [1.807, 2.05) is 13.1 Å². The summed E-state index contributed by atoms with van der Waals surface area (Å²) < 4.78 is 78.8. The monoisotopic (exact) mass is 400 g/mol. The van der Waals surface area contributed by atoms with E-state index in [0.29, 0.717) is 0 Å². The molecule has 4 bridgehead atoms. The molecular formula is C18H29F5O2Si. The molecular weight excluding hydrogens is 371 g/mol. The third-order valence-corrected chi connectivity index (χ3v) is 9.92. The van der Waals surface area contributed by atoms with Crippen LogP contribution in [0.4, 0.5) is 22.0 Å². The maximum absolute atomic E-state index is 14.4. The molecule has 0 aromatic heterocycles. The van der Waals surface area contributed by atoms with Gasteiger partial charge in [0.05, 0.1) is 0 Å². The second kappa shape index (κ2) is 6.14. The van der Waals surface area contributed by atoms with Gasteiger partial charge in [0, 0.05) is 20.1 Å². The van der Waals surface area contributed by atoms with E-state index in [0.717, 1.165) is 26.2 Å². The van der Waals surface area contributed by atoms with E-state index in [-0.39, 0.29) is 30.1 Å². The largest absolute Gasteiger partial charge is 0.400 e. The molecule has 4 fully saturated rings. The van der Waals surface area contributed by atoms with Crippen molar-refractivity contribution >= 4 is 8.56 Å². The number of alkyl halides is 5. The summed E-state index contributed by atoms with van der Waals surface area (Å²) in [6, 6.07) is 0. The third kappa shape index (κ3) is 2.61. The van der Waals surface area contributed by atoms with Crippen molar-refractivity contribution < 1.29 is 30.8 Å². The number of halogens is 5. The summed E-state index contributed by atoms with van der Waals surface area (Å²) in [5.41, 5.74) is -2.80. The van der Waals surface area contributed by atoms with Gasteiger partial charge in [0.2, 0.25) is 0 Å². The summed E-state index contributed by atoms with van der Waals surface area (Å²) in [5.74, 6) is -5.13. The van der Waals surface area contributed by atoms with Crippen molar-refractivity contribution in [3.63, 3.8) is 0 Å². The van der Waals surface area contributed by atoms with Gasteiger partial charge in [-0.3, -0.25) is 0 Å². The van der Waals surface area contributed by atoms with Crippen molar-refractivity contribution in [2.75, 3.05) is 14.2 Å². The van der Waals surface area contributed by atoms with E-state index in [1.165, 1.54) is 0 Å². The highest BCUT2D eigenvalue weighted by atomic mass is 28.4. The lowest BCUT2D eigenvalue weighted by molar-refractivity contribution is -0.323. The smallest absolute Gasteiger partial charge is 0.398 e. The Labute approximate surface area is 153 Å². The molecule has 0 amide bonds. The fourth-order valence-electron chi connectivity index (χ4n) is 6.29. The summed E-state index contributed by atoms with van der Waals surface area (Å²) in [7, 11) is 1.70. The van der Waals surface area contributed by atoms with Crippen LogP contribution >= 0.6 is 0 Å². The Kier molecular flexibility index (Phi) is 4.85. The molecule has 4 rings (SSSR count). The van der Waals surface area contributed by atoms with Crippen LogP contribution in [0, 0.1) is 40.9 Å². The van der Waals surface area contributed by atoms with Crippen molar-refractivity contribution in [1.29, 1.82) is 0 Å². The van der Waals surface area contributed by atoms with Crippen molar-refractivity contribution in [1.82, 2.24) is 0 Å². The zero-order valence-electron chi connectivity index (χ0n) is 16.0. The standard InChI is InChI=1S/C14H17F5.C4H12O2Si/c1-12(14(17,18)19)8-5-9(13(12,15)16)11-7-3-2-6(4-7)10(8)11;1-5-7(3,4)6-2/h6-11H,2-5H2,1H3;1-4H3. The first-order chi connectivity index (χ1) is 11.8. The molecule has 0 radical (unpaired) electrons. The molecule has 8 heteroatoms. The van der Waals surface area contributed by atoms with Crippen LogP contribution in [-0.4, -0.2) is 34.9 Å². The predicted octanol–water partition coefficient (Wildman–Crippen LogP) is 5.48. The highest BCUT2D eigenvalue weighted by Gasteiger charge is 2.83. The Bertz CT molecular complexity index is 546. The lowest BCUT2D eigenvalue weighted by Gasteiger charge is -2.49. The average molecular weight is 401 g/mol. The van der Waals surface area contributed by atoms with Gasteiger partial charge < -0.3 is 8.85 Å². The van der Waals surface area contributed by atoms with Gasteiger partial charge in [-0.25, -0.2) is 8.78 Å². The molecule has 152 valence electrons.